The van der Waals surface area contributed by atoms with Gasteiger partial charge in [0.2, 0.25) is 0 Å². The van der Waals surface area contributed by atoms with Gasteiger partial charge in [0.15, 0.2) is 0 Å². The molecular weight excluding hydrogens is 240 g/mol. The molecule has 6 heteroatoms. The van der Waals surface area contributed by atoms with E-state index in [0.29, 0.717) is 0 Å². The molecule has 0 fully saturated rings. The van der Waals surface area contributed by atoms with E-state index in [-0.39, 0.29) is 0 Å². The molecule has 0 saturated heterocycles. The van der Waals surface area contributed by atoms with Gasteiger partial charge >= 0.3 is 0 Å². The molecule has 0 unspecified atom stereocenters. The summed E-state index contributed by atoms with van der Waals surface area (Å²) >= 11 is 0. The van der Waals surface area contributed by atoms with E-state index in [9.17, 15) is 0 Å². The zero-order valence-corrected chi connectivity index (χ0v) is 10.8. The summed E-state index contributed by atoms with van der Waals surface area (Å²) < 4.78 is 3.94. The molecule has 3 heterocycles. The predicted octanol–water partition coefficient (Wildman–Crippen LogP) is 1.02. The van der Waals surface area contributed by atoms with E-state index in [1.165, 1.54) is 5.69 Å². The minimum absolute atomic E-state index is 0.797. The van der Waals surface area contributed by atoms with Crippen molar-refractivity contribution in [1.82, 2.24) is 29.7 Å². The second-order valence-corrected chi connectivity index (χ2v) is 4.42. The van der Waals surface area contributed by atoms with Crippen molar-refractivity contribution in [2.75, 3.05) is 6.54 Å². The molecule has 98 valence electrons. The molecule has 1 N–H and O–H groups in total. The first kappa shape index (κ1) is 11.9. The molecule has 19 heavy (non-hydrogen) atoms. The lowest BCUT2D eigenvalue weighted by atomic mass is 10.3. The van der Waals surface area contributed by atoms with E-state index in [1.807, 2.05) is 42.2 Å². The number of aryl methyl sites for hydroxylation is 1. The highest BCUT2D eigenvalue weighted by Crippen LogP contribution is 2.11. The van der Waals surface area contributed by atoms with Crippen molar-refractivity contribution >= 4 is 5.65 Å². The highest BCUT2D eigenvalue weighted by atomic mass is 15.4. The topological polar surface area (TPSA) is 60.0 Å². The summed E-state index contributed by atoms with van der Waals surface area (Å²) in [5, 5.41) is 11.1. The molecule has 0 saturated carbocycles. The molecule has 6 nitrogen and oxygen atoms in total. The van der Waals surface area contributed by atoms with E-state index in [2.05, 4.69) is 25.0 Å². The second-order valence-electron chi connectivity index (χ2n) is 4.42. The minimum Gasteiger partial charge on any atom is -0.309 e. The lowest BCUT2D eigenvalue weighted by Crippen LogP contribution is -2.21. The molecule has 0 spiro atoms. The quantitative estimate of drug-likeness (QED) is 0.692. The Morgan fingerprint density at radius 1 is 1.26 bits per heavy atom. The number of aromatic nitrogens is 5. The fourth-order valence-electron chi connectivity index (χ4n) is 2.13. The van der Waals surface area contributed by atoms with E-state index < -0.39 is 0 Å². The van der Waals surface area contributed by atoms with Gasteiger partial charge in [-0.1, -0.05) is 11.3 Å². The zero-order valence-electron chi connectivity index (χ0n) is 10.8. The van der Waals surface area contributed by atoms with Gasteiger partial charge in [-0.25, -0.2) is 4.98 Å². The number of nitrogens with zero attached hydrogens (tertiary/aromatic N) is 5. The van der Waals surface area contributed by atoms with E-state index in [1.54, 1.807) is 6.20 Å². The summed E-state index contributed by atoms with van der Waals surface area (Å²) in [5.74, 6) is 0. The maximum absolute atomic E-state index is 4.54. The Morgan fingerprint density at radius 3 is 3.05 bits per heavy atom. The predicted molar refractivity (Wildman–Crippen MR) is 71.7 cm³/mol. The lowest BCUT2D eigenvalue weighted by Gasteiger charge is -2.05. The largest absolute Gasteiger partial charge is 0.309 e. The Balaban J connectivity index is 1.63. The van der Waals surface area contributed by atoms with Gasteiger partial charge in [0.1, 0.15) is 5.65 Å². The lowest BCUT2D eigenvalue weighted by molar-refractivity contribution is 0.536. The van der Waals surface area contributed by atoms with Gasteiger partial charge < -0.3 is 9.72 Å². The third-order valence-corrected chi connectivity index (χ3v) is 3.11. The van der Waals surface area contributed by atoms with Crippen molar-refractivity contribution in [1.29, 1.82) is 0 Å². The number of pyridine rings is 1. The standard InChI is InChI=1S/C13H16N6/c1-11-12(19-7-3-2-4-13(19)16-11)10-14-5-8-18-9-6-15-17-18/h2-4,6-7,9,14H,5,8,10H2,1H3. The fraction of sp³-hybridized carbons (Fsp3) is 0.308. The first-order valence-corrected chi connectivity index (χ1v) is 6.32. The normalized spacial score (nSPS) is 11.2. The first-order chi connectivity index (χ1) is 9.34. The van der Waals surface area contributed by atoms with Gasteiger partial charge in [-0.3, -0.25) is 4.68 Å². The number of hydrogen-bond acceptors (Lipinski definition) is 4. The number of nitrogens with one attached hydrogen (secondary N) is 1. The van der Waals surface area contributed by atoms with Gasteiger partial charge in [-0.2, -0.15) is 0 Å². The third-order valence-electron chi connectivity index (χ3n) is 3.11. The molecule has 3 aromatic heterocycles. The molecule has 0 aliphatic carbocycles. The van der Waals surface area contributed by atoms with Crippen LogP contribution in [-0.2, 0) is 13.1 Å². The van der Waals surface area contributed by atoms with Gasteiger partial charge in [0, 0.05) is 25.5 Å². The van der Waals surface area contributed by atoms with Crippen LogP contribution in [0, 0.1) is 6.92 Å². The van der Waals surface area contributed by atoms with Crippen LogP contribution in [0.4, 0.5) is 0 Å². The summed E-state index contributed by atoms with van der Waals surface area (Å²) in [6.07, 6.45) is 5.60. The number of fused-ring (bicyclic) bond motifs is 1. The van der Waals surface area contributed by atoms with Crippen LogP contribution < -0.4 is 5.32 Å². The maximum atomic E-state index is 4.54. The van der Waals surface area contributed by atoms with Crippen molar-refractivity contribution in [2.45, 2.75) is 20.0 Å². The molecule has 0 aliphatic heterocycles. The van der Waals surface area contributed by atoms with Crippen LogP contribution in [0.25, 0.3) is 5.65 Å². The minimum atomic E-state index is 0.797. The van der Waals surface area contributed by atoms with Gasteiger partial charge in [0.25, 0.3) is 0 Å². The second kappa shape index (κ2) is 5.19. The van der Waals surface area contributed by atoms with E-state index in [0.717, 1.165) is 31.0 Å². The number of imidazole rings is 1. The van der Waals surface area contributed by atoms with Crippen LogP contribution in [-0.4, -0.2) is 30.9 Å². The van der Waals surface area contributed by atoms with Crippen LogP contribution in [0.15, 0.2) is 36.8 Å². The molecule has 3 rings (SSSR count). The summed E-state index contributed by atoms with van der Waals surface area (Å²) in [6, 6.07) is 6.04. The van der Waals surface area contributed by atoms with Crippen molar-refractivity contribution in [3.8, 4) is 0 Å². The summed E-state index contributed by atoms with van der Waals surface area (Å²) in [5.41, 5.74) is 3.27. The van der Waals surface area contributed by atoms with Crippen LogP contribution in [0.1, 0.15) is 11.4 Å². The number of hydrogen-bond donors (Lipinski definition) is 1. The maximum Gasteiger partial charge on any atom is 0.137 e. The first-order valence-electron chi connectivity index (χ1n) is 6.32. The van der Waals surface area contributed by atoms with Gasteiger partial charge in [-0.15, -0.1) is 5.10 Å². The van der Waals surface area contributed by atoms with Crippen molar-refractivity contribution in [3.05, 3.63) is 48.2 Å². The molecule has 0 radical (unpaired) electrons. The SMILES string of the molecule is Cc1nc2ccccn2c1CNCCn1ccnn1. The van der Waals surface area contributed by atoms with Crippen molar-refractivity contribution in [2.24, 2.45) is 0 Å². The molecule has 0 atom stereocenters. The van der Waals surface area contributed by atoms with E-state index in [4.69, 9.17) is 0 Å². The zero-order chi connectivity index (χ0) is 13.1. The molecule has 0 aromatic carbocycles. The molecule has 0 aliphatic rings. The fourth-order valence-corrected chi connectivity index (χ4v) is 2.13. The summed E-state index contributed by atoms with van der Waals surface area (Å²) in [7, 11) is 0. The molecule has 0 bridgehead atoms. The summed E-state index contributed by atoms with van der Waals surface area (Å²) in [4.78, 5) is 4.54. The average Bonchev–Trinajstić information content (AvgIpc) is 3.02. The molecular formula is C13H16N6. The van der Waals surface area contributed by atoms with Crippen LogP contribution >= 0.6 is 0 Å². The monoisotopic (exact) mass is 256 g/mol. The Labute approximate surface area is 111 Å². The van der Waals surface area contributed by atoms with Gasteiger partial charge in [-0.05, 0) is 19.1 Å². The Kier molecular flexibility index (Phi) is 3.24. The number of rotatable bonds is 5. The molecule has 0 amide bonds. The van der Waals surface area contributed by atoms with Crippen molar-refractivity contribution < 1.29 is 0 Å². The molecule has 3 aromatic rings. The summed E-state index contributed by atoms with van der Waals surface area (Å²) in [6.45, 7) is 4.51. The van der Waals surface area contributed by atoms with Crippen LogP contribution in [0.2, 0.25) is 0 Å². The Bertz CT molecular complexity index is 655. The average molecular weight is 256 g/mol. The van der Waals surface area contributed by atoms with Gasteiger partial charge in [0.05, 0.1) is 24.1 Å². The van der Waals surface area contributed by atoms with Crippen LogP contribution in [0.3, 0.4) is 0 Å². The van der Waals surface area contributed by atoms with E-state index >= 15 is 0 Å². The Hall–Kier alpha value is -2.21. The van der Waals surface area contributed by atoms with Crippen molar-refractivity contribution in [3.63, 3.8) is 0 Å². The van der Waals surface area contributed by atoms with Crippen LogP contribution in [0.5, 0.6) is 0 Å². The Morgan fingerprint density at radius 2 is 2.21 bits per heavy atom. The highest BCUT2D eigenvalue weighted by molar-refractivity contribution is 5.42. The smallest absolute Gasteiger partial charge is 0.137 e. The highest BCUT2D eigenvalue weighted by Gasteiger charge is 2.06. The third kappa shape index (κ3) is 2.48.